The fraction of sp³-hybridized carbons (Fsp3) is 0.500. The summed E-state index contributed by atoms with van der Waals surface area (Å²) in [5.74, 6) is 0. The summed E-state index contributed by atoms with van der Waals surface area (Å²) in [6, 6.07) is 4.15. The molecular formula is C10H12N2O2S. The Morgan fingerprint density at radius 2 is 2.47 bits per heavy atom. The molecule has 1 atom stereocenters. The standard InChI is InChI=1S/C10H12N2O2S/c1-12-8(7-3-2-4-15-7)10(5-11-6-10)14-9(12)13/h2-4,8,11H,5-6H2,1H3/t8-/m0/s1. The van der Waals surface area contributed by atoms with Gasteiger partial charge < -0.3 is 10.1 Å². The maximum Gasteiger partial charge on any atom is 0.410 e. The Morgan fingerprint density at radius 3 is 3.00 bits per heavy atom. The molecule has 2 saturated heterocycles. The van der Waals surface area contributed by atoms with Crippen molar-refractivity contribution < 1.29 is 9.53 Å². The highest BCUT2D eigenvalue weighted by atomic mass is 32.1. The minimum absolute atomic E-state index is 0.0752. The van der Waals surface area contributed by atoms with E-state index in [9.17, 15) is 4.79 Å². The van der Waals surface area contributed by atoms with Crippen LogP contribution in [-0.4, -0.2) is 36.7 Å². The smallest absolute Gasteiger partial charge is 0.410 e. The first-order chi connectivity index (χ1) is 7.23. The molecule has 4 nitrogen and oxygen atoms in total. The van der Waals surface area contributed by atoms with Gasteiger partial charge in [-0.15, -0.1) is 11.3 Å². The number of hydrogen-bond acceptors (Lipinski definition) is 4. The number of rotatable bonds is 1. The molecule has 2 fully saturated rings. The van der Waals surface area contributed by atoms with Gasteiger partial charge in [-0.05, 0) is 11.4 Å². The van der Waals surface area contributed by atoms with Gasteiger partial charge in [-0.2, -0.15) is 0 Å². The maximum absolute atomic E-state index is 11.6. The van der Waals surface area contributed by atoms with Crippen LogP contribution in [0.4, 0.5) is 4.79 Å². The third-order valence-corrected chi connectivity index (χ3v) is 4.05. The van der Waals surface area contributed by atoms with Gasteiger partial charge in [-0.1, -0.05) is 6.07 Å². The lowest BCUT2D eigenvalue weighted by molar-refractivity contribution is -0.0102. The van der Waals surface area contributed by atoms with Crippen molar-refractivity contribution in [3.05, 3.63) is 22.4 Å². The third kappa shape index (κ3) is 1.13. The van der Waals surface area contributed by atoms with Gasteiger partial charge in [0.1, 0.15) is 6.04 Å². The lowest BCUT2D eigenvalue weighted by atomic mass is 9.87. The predicted octanol–water partition coefficient (Wildman–Crippen LogP) is 1.21. The molecule has 0 aromatic carbocycles. The molecule has 1 N–H and O–H groups in total. The summed E-state index contributed by atoms with van der Waals surface area (Å²) in [5, 5.41) is 5.21. The van der Waals surface area contributed by atoms with E-state index >= 15 is 0 Å². The van der Waals surface area contributed by atoms with Crippen LogP contribution in [0.1, 0.15) is 10.9 Å². The number of carbonyl (C=O) groups is 1. The fourth-order valence-electron chi connectivity index (χ4n) is 2.29. The van der Waals surface area contributed by atoms with Crippen molar-refractivity contribution in [2.24, 2.45) is 0 Å². The van der Waals surface area contributed by atoms with E-state index < -0.39 is 0 Å². The first-order valence-electron chi connectivity index (χ1n) is 4.93. The van der Waals surface area contributed by atoms with Crippen molar-refractivity contribution in [1.29, 1.82) is 0 Å². The molecule has 0 unspecified atom stereocenters. The van der Waals surface area contributed by atoms with E-state index in [1.54, 1.807) is 23.3 Å². The highest BCUT2D eigenvalue weighted by molar-refractivity contribution is 7.10. The fourth-order valence-corrected chi connectivity index (χ4v) is 3.27. The van der Waals surface area contributed by atoms with Crippen LogP contribution in [0.2, 0.25) is 0 Å². The zero-order chi connectivity index (χ0) is 10.5. The molecule has 80 valence electrons. The lowest BCUT2D eigenvalue weighted by Gasteiger charge is -2.41. The zero-order valence-corrected chi connectivity index (χ0v) is 9.21. The second-order valence-corrected chi connectivity index (χ2v) is 5.04. The summed E-state index contributed by atoms with van der Waals surface area (Å²) < 4.78 is 5.46. The Bertz CT molecular complexity index is 386. The molecule has 1 amide bonds. The molecule has 3 heterocycles. The largest absolute Gasteiger partial charge is 0.437 e. The average Bonchev–Trinajstić information content (AvgIpc) is 2.72. The van der Waals surface area contributed by atoms with Gasteiger partial charge >= 0.3 is 6.09 Å². The van der Waals surface area contributed by atoms with Crippen molar-refractivity contribution >= 4 is 17.4 Å². The number of thiophene rings is 1. The molecule has 5 heteroatoms. The second kappa shape index (κ2) is 2.96. The van der Waals surface area contributed by atoms with Crippen molar-refractivity contribution in [3.63, 3.8) is 0 Å². The number of ether oxygens (including phenoxy) is 1. The van der Waals surface area contributed by atoms with E-state index in [2.05, 4.69) is 11.4 Å². The monoisotopic (exact) mass is 224 g/mol. The van der Waals surface area contributed by atoms with E-state index in [0.717, 1.165) is 13.1 Å². The summed E-state index contributed by atoms with van der Waals surface area (Å²) in [6.45, 7) is 1.51. The summed E-state index contributed by atoms with van der Waals surface area (Å²) in [4.78, 5) is 14.5. The van der Waals surface area contributed by atoms with E-state index in [-0.39, 0.29) is 17.7 Å². The van der Waals surface area contributed by atoms with E-state index in [1.807, 2.05) is 11.4 Å². The molecule has 0 bridgehead atoms. The number of hydrogen-bond donors (Lipinski definition) is 1. The molecule has 0 aliphatic carbocycles. The molecule has 1 aromatic heterocycles. The predicted molar refractivity (Wildman–Crippen MR) is 56.9 cm³/mol. The third-order valence-electron chi connectivity index (χ3n) is 3.13. The van der Waals surface area contributed by atoms with Crippen LogP contribution in [0, 0.1) is 0 Å². The highest BCUT2D eigenvalue weighted by Crippen LogP contribution is 2.44. The number of nitrogens with zero attached hydrogens (tertiary/aromatic N) is 1. The number of likely N-dealkylation sites (N-methyl/N-ethyl adjacent to an activating group) is 1. The van der Waals surface area contributed by atoms with Crippen LogP contribution < -0.4 is 5.32 Å². The van der Waals surface area contributed by atoms with Crippen LogP contribution in [0.5, 0.6) is 0 Å². The number of amides is 1. The molecule has 0 saturated carbocycles. The topological polar surface area (TPSA) is 41.6 Å². The van der Waals surface area contributed by atoms with Gasteiger partial charge in [-0.25, -0.2) is 4.79 Å². The van der Waals surface area contributed by atoms with Crippen molar-refractivity contribution in [3.8, 4) is 0 Å². The molecule has 1 spiro atoms. The van der Waals surface area contributed by atoms with Crippen molar-refractivity contribution in [2.45, 2.75) is 11.6 Å². The minimum Gasteiger partial charge on any atom is -0.437 e. The Kier molecular flexibility index (Phi) is 1.81. The van der Waals surface area contributed by atoms with Gasteiger partial charge in [0, 0.05) is 25.0 Å². The van der Waals surface area contributed by atoms with Gasteiger partial charge in [0.05, 0.1) is 0 Å². The normalized spacial score (nSPS) is 27.9. The highest BCUT2D eigenvalue weighted by Gasteiger charge is 2.57. The van der Waals surface area contributed by atoms with Crippen LogP contribution in [0.15, 0.2) is 17.5 Å². The van der Waals surface area contributed by atoms with Crippen molar-refractivity contribution in [2.75, 3.05) is 20.1 Å². The molecule has 2 aliphatic rings. The summed E-state index contributed by atoms with van der Waals surface area (Å²) in [6.07, 6.45) is -0.213. The quantitative estimate of drug-likeness (QED) is 0.779. The Balaban J connectivity index is 2.00. The Hall–Kier alpha value is -1.07. The lowest BCUT2D eigenvalue weighted by Crippen LogP contribution is -2.62. The van der Waals surface area contributed by atoms with Gasteiger partial charge in [0.25, 0.3) is 0 Å². The number of carbonyl (C=O) groups excluding carboxylic acids is 1. The maximum atomic E-state index is 11.6. The van der Waals surface area contributed by atoms with E-state index in [1.165, 1.54) is 4.88 Å². The molecule has 1 aromatic rings. The van der Waals surface area contributed by atoms with Crippen LogP contribution in [0.25, 0.3) is 0 Å². The van der Waals surface area contributed by atoms with Crippen molar-refractivity contribution in [1.82, 2.24) is 10.2 Å². The minimum atomic E-state index is -0.323. The van der Waals surface area contributed by atoms with Crippen LogP contribution in [0.3, 0.4) is 0 Å². The van der Waals surface area contributed by atoms with Crippen LogP contribution in [-0.2, 0) is 4.74 Å². The molecule has 2 aliphatic heterocycles. The molecule has 3 rings (SSSR count). The average molecular weight is 224 g/mol. The molecule has 0 radical (unpaired) electrons. The first kappa shape index (κ1) is 9.18. The summed E-state index contributed by atoms with van der Waals surface area (Å²) in [5.41, 5.74) is -0.323. The van der Waals surface area contributed by atoms with Gasteiger partial charge in [0.2, 0.25) is 0 Å². The SMILES string of the molecule is CN1C(=O)OC2(CNC2)[C@@H]1c1cccs1. The van der Waals surface area contributed by atoms with E-state index in [0.29, 0.717) is 0 Å². The van der Waals surface area contributed by atoms with Gasteiger partial charge in [0.15, 0.2) is 5.60 Å². The number of nitrogens with one attached hydrogen (secondary N) is 1. The zero-order valence-electron chi connectivity index (χ0n) is 8.40. The summed E-state index contributed by atoms with van der Waals surface area (Å²) >= 11 is 1.68. The Labute approximate surface area is 91.8 Å². The molecular weight excluding hydrogens is 212 g/mol. The van der Waals surface area contributed by atoms with Gasteiger partial charge in [-0.3, -0.25) is 4.90 Å². The summed E-state index contributed by atoms with van der Waals surface area (Å²) in [7, 11) is 1.81. The Morgan fingerprint density at radius 1 is 1.67 bits per heavy atom. The first-order valence-corrected chi connectivity index (χ1v) is 5.81. The van der Waals surface area contributed by atoms with Crippen LogP contribution >= 0.6 is 11.3 Å². The second-order valence-electron chi connectivity index (χ2n) is 4.07. The van der Waals surface area contributed by atoms with E-state index in [4.69, 9.17) is 4.74 Å². The molecule has 15 heavy (non-hydrogen) atoms.